The maximum atomic E-state index is 12.3. The number of halogens is 1. The van der Waals surface area contributed by atoms with Crippen LogP contribution in [0.3, 0.4) is 0 Å². The third kappa shape index (κ3) is 18.5. The van der Waals surface area contributed by atoms with Crippen LogP contribution in [0, 0.1) is 0 Å². The molecule has 558 valence electrons. The Bertz CT molecular complexity index is 4650. The number of hydrogen-bond donors (Lipinski definition) is 0. The molecule has 0 spiro atoms. The average Bonchev–Trinajstić information content (AvgIpc) is 0.767. The molecular weight excluding hydrogens is 1440 g/mol. The van der Waals surface area contributed by atoms with Gasteiger partial charge in [-0.15, -0.1) is 11.3 Å². The summed E-state index contributed by atoms with van der Waals surface area (Å²) in [6, 6.07) is 64.8. The van der Waals surface area contributed by atoms with Crippen LogP contribution in [-0.4, -0.2) is 158 Å². The Labute approximate surface area is 661 Å². The molecule has 6 aliphatic rings. The topological polar surface area (TPSA) is 85.7 Å². The summed E-state index contributed by atoms with van der Waals surface area (Å²) < 4.78 is 3.34. The first-order valence-corrected chi connectivity index (χ1v) is 39.3. The maximum Gasteiger partial charge on any atom is 0.228 e. The van der Waals surface area contributed by atoms with E-state index in [0.29, 0.717) is 0 Å². The highest BCUT2D eigenvalue weighted by Crippen LogP contribution is 2.52. The third-order valence-corrected chi connectivity index (χ3v) is 24.4. The third-order valence-electron chi connectivity index (χ3n) is 18.7. The minimum absolute atomic E-state index is 0. The summed E-state index contributed by atoms with van der Waals surface area (Å²) in [4.78, 5) is 63.1. The van der Waals surface area contributed by atoms with Gasteiger partial charge in [0.2, 0.25) is 17.2 Å². The van der Waals surface area contributed by atoms with Gasteiger partial charge in [-0.2, -0.15) is 0 Å². The number of anilines is 13. The van der Waals surface area contributed by atoms with Gasteiger partial charge in [-0.1, -0.05) is 71.3 Å². The van der Waals surface area contributed by atoms with Crippen molar-refractivity contribution in [2.45, 2.75) is 65.9 Å². The van der Waals surface area contributed by atoms with Gasteiger partial charge in [0.15, 0.2) is 0 Å². The molecule has 107 heavy (non-hydrogen) atoms. The molecule has 0 N–H and O–H groups in total. The Morgan fingerprint density at radius 1 is 0.327 bits per heavy atom. The lowest BCUT2D eigenvalue weighted by Gasteiger charge is -2.32. The Morgan fingerprint density at radius 2 is 0.579 bits per heavy atom. The summed E-state index contributed by atoms with van der Waals surface area (Å²) in [6.45, 7) is 3.23. The first-order chi connectivity index (χ1) is 50.4. The summed E-state index contributed by atoms with van der Waals surface area (Å²) in [6.07, 6.45) is 2.08. The fraction of sp³-hybridized carbons (Fsp3) is 0.279. The van der Waals surface area contributed by atoms with Crippen molar-refractivity contribution in [3.05, 3.63) is 210 Å². The van der Waals surface area contributed by atoms with E-state index in [9.17, 15) is 9.59 Å². The van der Waals surface area contributed by atoms with Crippen LogP contribution in [0.1, 0.15) is 36.1 Å². The van der Waals surface area contributed by atoms with Crippen LogP contribution in [0.15, 0.2) is 221 Å². The van der Waals surface area contributed by atoms with E-state index in [-0.39, 0.29) is 24.2 Å². The quantitative estimate of drug-likeness (QED) is 0.101. The molecule has 5 aliphatic heterocycles. The van der Waals surface area contributed by atoms with Crippen molar-refractivity contribution in [2.75, 3.05) is 195 Å². The van der Waals surface area contributed by atoms with Crippen molar-refractivity contribution in [1.29, 1.82) is 0 Å². The first kappa shape index (κ1) is 80.4. The number of aromatic nitrogens is 1. The van der Waals surface area contributed by atoms with E-state index in [0.717, 1.165) is 89.1 Å². The van der Waals surface area contributed by atoms with Gasteiger partial charge in [-0.3, -0.25) is 19.4 Å². The van der Waals surface area contributed by atoms with E-state index >= 15 is 0 Å². The van der Waals surface area contributed by atoms with Crippen molar-refractivity contribution < 1.29 is 22.0 Å². The highest BCUT2D eigenvalue weighted by molar-refractivity contribution is 8.00. The van der Waals surface area contributed by atoms with Crippen molar-refractivity contribution in [3.8, 4) is 10.6 Å². The van der Waals surface area contributed by atoms with Crippen LogP contribution in [0.5, 0.6) is 0 Å². The Kier molecular flexibility index (Phi) is 25.8. The van der Waals surface area contributed by atoms with E-state index < -0.39 is 0 Å². The largest absolute Gasteiger partial charge is 1.00 e. The van der Waals surface area contributed by atoms with Gasteiger partial charge in [0, 0.05) is 243 Å². The molecule has 9 aromatic carbocycles. The van der Waals surface area contributed by atoms with Crippen LogP contribution >= 0.6 is 58.4 Å². The lowest BCUT2D eigenvalue weighted by Crippen LogP contribution is -3.00. The molecule has 15 nitrogen and oxygen atoms in total. The van der Waals surface area contributed by atoms with Gasteiger partial charge in [0.25, 0.3) is 0 Å². The molecular formula is C86H100ClN13O2S5. The minimum atomic E-state index is 0. The van der Waals surface area contributed by atoms with E-state index in [1.54, 1.807) is 58.5 Å². The lowest BCUT2D eigenvalue weighted by atomic mass is 10.0. The number of rotatable bonds is 9. The average molecular weight is 1540 g/mol. The smallest absolute Gasteiger partial charge is 0.228 e. The molecule has 21 heteroatoms. The van der Waals surface area contributed by atoms with Crippen LogP contribution in [0.25, 0.3) is 20.8 Å². The van der Waals surface area contributed by atoms with Crippen LogP contribution in [0.2, 0.25) is 0 Å². The molecule has 0 fully saturated rings. The van der Waals surface area contributed by atoms with Gasteiger partial charge in [0.1, 0.15) is 14.1 Å². The van der Waals surface area contributed by atoms with Gasteiger partial charge in [0.05, 0.1) is 43.5 Å². The Hall–Kier alpha value is -9.15. The summed E-state index contributed by atoms with van der Waals surface area (Å²) in [7, 11) is 41.2. The van der Waals surface area contributed by atoms with Gasteiger partial charge < -0.3 is 56.5 Å². The number of nitrogens with zero attached hydrogens (tertiary/aromatic N) is 13. The molecule has 5 heterocycles. The summed E-state index contributed by atoms with van der Waals surface area (Å²) in [5.41, 5.74) is 22.5. The zero-order chi connectivity index (χ0) is 76.3. The van der Waals surface area contributed by atoms with Crippen molar-refractivity contribution in [2.24, 2.45) is 0 Å². The monoisotopic (exact) mass is 1540 g/mol. The zero-order valence-electron chi connectivity index (χ0n) is 65.8. The number of fused-ring (bicyclic) bond motifs is 10. The van der Waals surface area contributed by atoms with Crippen LogP contribution in [0.4, 0.5) is 73.9 Å². The second-order valence-corrected chi connectivity index (χ2v) is 34.1. The van der Waals surface area contributed by atoms with E-state index in [4.69, 9.17) is 4.98 Å². The van der Waals surface area contributed by atoms with E-state index in [2.05, 4.69) is 291 Å². The second-order valence-electron chi connectivity index (χ2n) is 28.7. The van der Waals surface area contributed by atoms with Crippen molar-refractivity contribution in [1.82, 2.24) is 9.56 Å². The number of hydrogen-bond acceptors (Lipinski definition) is 17. The second kappa shape index (κ2) is 34.4. The fourth-order valence-corrected chi connectivity index (χ4v) is 18.0. The van der Waals surface area contributed by atoms with Crippen LogP contribution < -0.4 is 76.2 Å². The first-order valence-electron chi connectivity index (χ1n) is 35.2. The Morgan fingerprint density at radius 3 is 0.850 bits per heavy atom. The molecule has 1 aliphatic carbocycles. The molecule has 0 aromatic heterocycles. The predicted octanol–water partition coefficient (Wildman–Crippen LogP) is 15.2. The molecule has 0 saturated heterocycles. The molecule has 9 aromatic rings. The number of amides is 2. The normalized spacial score (nSPS) is 12.1. The SMILES string of the molecule is CC(=O)N1c2ccc(N(C)C)cc2Sc2cc(N(C)C)ccc21.CC(=O)N1c2ccc(N(C)C)cc2Sc2cc(N(C)C)ccc21.CN(C)c1ccc2c(c1)Sc1cc(N(C)C)ccc1C2.CN(C)c1ccc2c(c1)Sc1cc(N(C)C)ccc1C2.CN(C)c1ccc2nc3ccc(=[N+](C)C)cc-3sc2c1.[Cl-]. The molecule has 2 amide bonds. The molecule has 0 bridgehead atoms. The highest BCUT2D eigenvalue weighted by Gasteiger charge is 2.30. The molecule has 0 atom stereocenters. The standard InChI is InChI=1S/2C18H21N3OS.2C17H20N2S.C16H18N3S.ClH/c2*1-12(22)21-15-8-6-13(19(2)3)10-17(15)23-18-11-14(20(4)5)7-9-16(18)21;2*1-18(2)14-7-5-12-9-13-6-8-15(19(3)4)11-17(13)20-16(12)10-14;1-18(2)11-5-7-13-15(9-11)20-16-10-12(19(3)4)6-8-14(16)17-13;/h2*6-11H,1-5H3;2*5-8,10-11H,9H2,1-4H3;5-10H,1-4H3;1H/q;;;;+1;/p-1. The van der Waals surface area contributed by atoms with Gasteiger partial charge in [-0.05, 0) is 181 Å². The number of carbonyl (C=O) groups is 2. The summed E-state index contributed by atoms with van der Waals surface area (Å²) >= 11 is 9.02. The Balaban J connectivity index is 0.000000143. The van der Waals surface area contributed by atoms with Gasteiger partial charge >= 0.3 is 0 Å². The zero-order valence-corrected chi connectivity index (χ0v) is 70.6. The minimum Gasteiger partial charge on any atom is -1.00 e. The van der Waals surface area contributed by atoms with E-state index in [1.165, 1.54) is 85.2 Å². The van der Waals surface area contributed by atoms with Crippen molar-refractivity contribution in [3.63, 3.8) is 0 Å². The predicted molar refractivity (Wildman–Crippen MR) is 462 cm³/mol. The number of carbonyl (C=O) groups excluding carboxylic acids is 2. The summed E-state index contributed by atoms with van der Waals surface area (Å²) in [5, 5.41) is 1.21. The number of benzene rings is 10. The molecule has 0 unspecified atom stereocenters. The fourth-order valence-electron chi connectivity index (χ4n) is 12.4. The summed E-state index contributed by atoms with van der Waals surface area (Å²) in [5.74, 6) is 0.0611. The molecule has 0 saturated carbocycles. The van der Waals surface area contributed by atoms with Crippen LogP contribution in [-0.2, 0) is 22.4 Å². The molecule has 0 radical (unpaired) electrons. The molecule has 15 rings (SSSR count). The maximum absolute atomic E-state index is 12.3. The van der Waals surface area contributed by atoms with Gasteiger partial charge in [-0.25, -0.2) is 9.56 Å². The lowest BCUT2D eigenvalue weighted by molar-refractivity contribution is -0.116. The van der Waals surface area contributed by atoms with E-state index in [1.807, 2.05) is 104 Å². The highest BCUT2D eigenvalue weighted by atomic mass is 35.5. The van der Waals surface area contributed by atoms with Crippen molar-refractivity contribution >= 4 is 154 Å².